The predicted molar refractivity (Wildman–Crippen MR) is 121 cm³/mol. The normalized spacial score (nSPS) is 17.4. The molecule has 0 radical (unpaired) electrons. The molecule has 0 aliphatic carbocycles. The number of carbonyl (C=O) groups is 1. The molecule has 1 unspecified atom stereocenters. The van der Waals surface area contributed by atoms with Crippen LogP contribution < -0.4 is 4.74 Å². The minimum Gasteiger partial charge on any atom is -0.423 e. The van der Waals surface area contributed by atoms with Gasteiger partial charge >= 0.3 is 5.97 Å². The van der Waals surface area contributed by atoms with Gasteiger partial charge in [-0.3, -0.25) is 4.90 Å². The van der Waals surface area contributed by atoms with Gasteiger partial charge in [0.25, 0.3) is 0 Å². The van der Waals surface area contributed by atoms with Gasteiger partial charge in [0.2, 0.25) is 0 Å². The number of nitrogens with zero attached hydrogens (tertiary/aromatic N) is 1. The van der Waals surface area contributed by atoms with E-state index in [0.717, 1.165) is 34.9 Å². The van der Waals surface area contributed by atoms with Crippen LogP contribution in [-0.4, -0.2) is 23.5 Å². The van der Waals surface area contributed by atoms with Crippen LogP contribution in [0.3, 0.4) is 0 Å². The van der Waals surface area contributed by atoms with Crippen LogP contribution in [0.25, 0.3) is 0 Å². The summed E-state index contributed by atoms with van der Waals surface area (Å²) in [5.41, 5.74) is 2.97. The summed E-state index contributed by atoms with van der Waals surface area (Å²) in [6, 6.07) is 17.8. The molecule has 3 aromatic rings. The monoisotopic (exact) mass is 473 g/mol. The van der Waals surface area contributed by atoms with Crippen molar-refractivity contribution in [2.75, 3.05) is 6.54 Å². The Kier molecular flexibility index (Phi) is 6.60. The van der Waals surface area contributed by atoms with E-state index in [-0.39, 0.29) is 17.8 Å². The minimum atomic E-state index is -0.808. The maximum atomic E-state index is 13.3. The van der Waals surface area contributed by atoms with Crippen LogP contribution >= 0.6 is 23.2 Å². The average molecular weight is 474 g/mol. The zero-order valence-electron chi connectivity index (χ0n) is 17.1. The largest absolute Gasteiger partial charge is 0.423 e. The lowest BCUT2D eigenvalue weighted by Crippen LogP contribution is -2.50. The second-order valence-electron chi connectivity index (χ2n) is 7.60. The Bertz CT molecular complexity index is 1100. The molecular weight excluding hydrogens is 455 g/mol. The van der Waals surface area contributed by atoms with Crippen molar-refractivity contribution in [2.24, 2.45) is 0 Å². The zero-order chi connectivity index (χ0) is 22.8. The van der Waals surface area contributed by atoms with Crippen LogP contribution in [0.15, 0.2) is 78.4 Å². The van der Waals surface area contributed by atoms with Gasteiger partial charge in [-0.05, 0) is 47.9 Å². The Labute approximate surface area is 194 Å². The number of hydrogen-bond donors (Lipinski definition) is 0. The van der Waals surface area contributed by atoms with Crippen LogP contribution in [0.4, 0.5) is 8.78 Å². The van der Waals surface area contributed by atoms with E-state index >= 15 is 0 Å². The van der Waals surface area contributed by atoms with E-state index < -0.39 is 17.6 Å². The van der Waals surface area contributed by atoms with Crippen molar-refractivity contribution in [3.8, 4) is 5.75 Å². The first-order chi connectivity index (χ1) is 15.3. The van der Waals surface area contributed by atoms with Crippen molar-refractivity contribution in [2.45, 2.75) is 19.0 Å². The lowest BCUT2D eigenvalue weighted by molar-refractivity contribution is -0.129. The number of benzene rings is 3. The smallest absolute Gasteiger partial charge is 0.336 e. The van der Waals surface area contributed by atoms with Crippen molar-refractivity contribution in [1.29, 1.82) is 0 Å². The molecule has 1 fully saturated rings. The molecule has 1 saturated heterocycles. The van der Waals surface area contributed by atoms with Gasteiger partial charge in [-0.1, -0.05) is 47.5 Å². The number of likely N-dealkylation sites (tertiary alicyclic amines) is 1. The van der Waals surface area contributed by atoms with E-state index in [1.807, 2.05) is 55.5 Å². The molecule has 3 aromatic carbocycles. The Morgan fingerprint density at radius 2 is 1.47 bits per heavy atom. The zero-order valence-corrected chi connectivity index (χ0v) is 18.6. The second kappa shape index (κ2) is 9.41. The number of rotatable bonds is 5. The first kappa shape index (κ1) is 22.5. The summed E-state index contributed by atoms with van der Waals surface area (Å²) < 4.78 is 31.7. The highest BCUT2D eigenvalue weighted by atomic mass is 35.5. The SMILES string of the molecule is CC1C(=CC(=O)Oc2cc(F)cc(F)c2)CN1C(c1ccc(Cl)cc1)c1ccc(Cl)cc1. The van der Waals surface area contributed by atoms with E-state index in [2.05, 4.69) is 4.90 Å². The number of halogens is 4. The van der Waals surface area contributed by atoms with Gasteiger partial charge in [-0.15, -0.1) is 0 Å². The molecule has 0 saturated carbocycles. The van der Waals surface area contributed by atoms with Crippen LogP contribution in [0.2, 0.25) is 10.0 Å². The highest BCUT2D eigenvalue weighted by Gasteiger charge is 2.37. The highest BCUT2D eigenvalue weighted by molar-refractivity contribution is 6.30. The fourth-order valence-electron chi connectivity index (χ4n) is 3.81. The molecule has 0 amide bonds. The van der Waals surface area contributed by atoms with Gasteiger partial charge in [0.1, 0.15) is 17.4 Å². The molecule has 32 heavy (non-hydrogen) atoms. The lowest BCUT2D eigenvalue weighted by atomic mass is 9.88. The van der Waals surface area contributed by atoms with Gasteiger partial charge in [0.05, 0.1) is 6.04 Å². The maximum Gasteiger partial charge on any atom is 0.336 e. The molecule has 1 aliphatic heterocycles. The molecule has 3 nitrogen and oxygen atoms in total. The van der Waals surface area contributed by atoms with Crippen molar-refractivity contribution in [1.82, 2.24) is 4.90 Å². The van der Waals surface area contributed by atoms with Crippen molar-refractivity contribution >= 4 is 29.2 Å². The summed E-state index contributed by atoms with van der Waals surface area (Å²) in [5.74, 6) is -2.46. The van der Waals surface area contributed by atoms with E-state index in [1.165, 1.54) is 6.08 Å². The number of ether oxygens (including phenoxy) is 1. The lowest BCUT2D eigenvalue weighted by Gasteiger charge is -2.47. The third-order valence-corrected chi connectivity index (χ3v) is 5.96. The average Bonchev–Trinajstić information content (AvgIpc) is 2.74. The molecule has 164 valence electrons. The Morgan fingerprint density at radius 3 is 1.94 bits per heavy atom. The fourth-order valence-corrected chi connectivity index (χ4v) is 4.06. The summed E-state index contributed by atoms with van der Waals surface area (Å²) in [4.78, 5) is 14.5. The second-order valence-corrected chi connectivity index (χ2v) is 8.47. The Hall–Kier alpha value is -2.73. The first-order valence-electron chi connectivity index (χ1n) is 9.95. The topological polar surface area (TPSA) is 29.5 Å². The summed E-state index contributed by atoms with van der Waals surface area (Å²) in [7, 11) is 0. The van der Waals surface area contributed by atoms with E-state index in [9.17, 15) is 13.6 Å². The van der Waals surface area contributed by atoms with E-state index in [1.54, 1.807) is 0 Å². The fraction of sp³-hybridized carbons (Fsp3) is 0.160. The molecule has 0 N–H and O–H groups in total. The standard InChI is InChI=1S/C25H19Cl2F2NO2/c1-15-18(10-24(31)32-23-12-21(28)11-22(29)13-23)14-30(15)25(16-2-6-19(26)7-3-16)17-4-8-20(27)9-5-17/h2-13,15,25H,14H2,1H3. The maximum absolute atomic E-state index is 13.3. The molecule has 7 heteroatoms. The molecule has 0 aromatic heterocycles. The molecule has 0 spiro atoms. The number of esters is 1. The first-order valence-corrected chi connectivity index (χ1v) is 10.7. The Morgan fingerprint density at radius 1 is 0.969 bits per heavy atom. The summed E-state index contributed by atoms with van der Waals surface area (Å²) in [6.45, 7) is 2.52. The predicted octanol–water partition coefficient (Wildman–Crippen LogP) is 6.60. The molecule has 4 rings (SSSR count). The van der Waals surface area contributed by atoms with Gasteiger partial charge in [-0.25, -0.2) is 13.6 Å². The highest BCUT2D eigenvalue weighted by Crippen LogP contribution is 2.39. The summed E-state index contributed by atoms with van der Waals surface area (Å²) in [6.07, 6.45) is 1.38. The molecule has 0 bridgehead atoms. The van der Waals surface area contributed by atoms with Gasteiger partial charge in [0.15, 0.2) is 0 Å². The third kappa shape index (κ3) is 5.01. The molecule has 1 aliphatic rings. The van der Waals surface area contributed by atoms with Crippen LogP contribution in [0.5, 0.6) is 5.75 Å². The van der Waals surface area contributed by atoms with Crippen LogP contribution in [0.1, 0.15) is 24.1 Å². The van der Waals surface area contributed by atoms with E-state index in [4.69, 9.17) is 27.9 Å². The minimum absolute atomic E-state index is 0.0526. The van der Waals surface area contributed by atoms with E-state index in [0.29, 0.717) is 16.6 Å². The quantitative estimate of drug-likeness (QED) is 0.237. The molecule has 1 heterocycles. The van der Waals surface area contributed by atoms with Gasteiger partial charge < -0.3 is 4.74 Å². The number of carbonyl (C=O) groups excluding carboxylic acids is 1. The van der Waals surface area contributed by atoms with Crippen molar-refractivity contribution in [3.63, 3.8) is 0 Å². The Balaban J connectivity index is 1.54. The van der Waals surface area contributed by atoms with Crippen molar-refractivity contribution in [3.05, 3.63) is 111 Å². The van der Waals surface area contributed by atoms with Gasteiger partial charge in [0, 0.05) is 46.9 Å². The summed E-state index contributed by atoms with van der Waals surface area (Å²) in [5, 5.41) is 1.30. The van der Waals surface area contributed by atoms with Crippen LogP contribution in [0, 0.1) is 11.6 Å². The third-order valence-electron chi connectivity index (χ3n) is 5.46. The summed E-state index contributed by atoms with van der Waals surface area (Å²) >= 11 is 12.1. The number of hydrogen-bond acceptors (Lipinski definition) is 3. The van der Waals surface area contributed by atoms with Crippen LogP contribution in [-0.2, 0) is 4.79 Å². The van der Waals surface area contributed by atoms with Crippen molar-refractivity contribution < 1.29 is 18.3 Å². The molecule has 1 atom stereocenters. The van der Waals surface area contributed by atoms with Gasteiger partial charge in [-0.2, -0.15) is 0 Å². The molecular formula is C25H19Cl2F2NO2.